The van der Waals surface area contributed by atoms with Crippen molar-refractivity contribution in [3.05, 3.63) is 77.9 Å². The van der Waals surface area contributed by atoms with Gasteiger partial charge in [-0.15, -0.1) is 0 Å². The van der Waals surface area contributed by atoms with Gasteiger partial charge in [-0.2, -0.15) is 0 Å². The number of aliphatic carboxylic acids is 1. The third kappa shape index (κ3) is 5.33. The number of alkyl carbamates (subject to hydrolysis) is 1. The maximum atomic E-state index is 12.8. The number of nitrogens with zero attached hydrogens (tertiary/aromatic N) is 1. The molecule has 1 aliphatic carbocycles. The van der Waals surface area contributed by atoms with Crippen LogP contribution < -0.4 is 10.6 Å². The number of carbonyl (C=O) groups excluding carboxylic acids is 2. The summed E-state index contributed by atoms with van der Waals surface area (Å²) in [6.45, 7) is 1.31. The number of benzene rings is 2. The van der Waals surface area contributed by atoms with Gasteiger partial charge < -0.3 is 30.6 Å². The zero-order valence-electron chi connectivity index (χ0n) is 19.0. The second-order valence-electron chi connectivity index (χ2n) is 8.37. The van der Waals surface area contributed by atoms with E-state index in [1.807, 2.05) is 48.5 Å². The fourth-order valence-corrected chi connectivity index (χ4v) is 4.25. The number of H-pyrrole nitrogens is 1. The van der Waals surface area contributed by atoms with E-state index in [1.54, 1.807) is 0 Å². The highest BCUT2D eigenvalue weighted by atomic mass is 16.5. The molecule has 3 atom stereocenters. The molecule has 182 valence electrons. The van der Waals surface area contributed by atoms with Gasteiger partial charge in [0.2, 0.25) is 5.91 Å². The van der Waals surface area contributed by atoms with Crippen molar-refractivity contribution in [1.29, 1.82) is 0 Å². The van der Waals surface area contributed by atoms with E-state index in [9.17, 15) is 24.6 Å². The van der Waals surface area contributed by atoms with Crippen LogP contribution in [-0.4, -0.2) is 62.9 Å². The van der Waals surface area contributed by atoms with Gasteiger partial charge in [0, 0.05) is 24.2 Å². The zero-order chi connectivity index (χ0) is 24.9. The van der Waals surface area contributed by atoms with Crippen molar-refractivity contribution in [3.8, 4) is 11.1 Å². The molecule has 35 heavy (non-hydrogen) atoms. The third-order valence-corrected chi connectivity index (χ3v) is 5.98. The van der Waals surface area contributed by atoms with Crippen LogP contribution in [0.4, 0.5) is 4.79 Å². The summed E-state index contributed by atoms with van der Waals surface area (Å²) in [5.41, 5.74) is 4.83. The molecule has 2 aromatic carbocycles. The minimum atomic E-state index is -1.53. The Balaban J connectivity index is 1.45. The molecule has 0 aliphatic heterocycles. The number of hydrogen-bond donors (Lipinski definition) is 5. The molecular formula is C25H26N4O6. The summed E-state index contributed by atoms with van der Waals surface area (Å²) in [6.07, 6.45) is 0.771. The lowest BCUT2D eigenvalue weighted by atomic mass is 9.98. The molecule has 0 spiro atoms. The van der Waals surface area contributed by atoms with Crippen LogP contribution in [0.1, 0.15) is 29.7 Å². The number of carboxylic acid groups (broad SMARTS) is 1. The molecule has 3 unspecified atom stereocenters. The van der Waals surface area contributed by atoms with Crippen molar-refractivity contribution in [3.63, 3.8) is 0 Å². The molecule has 1 aromatic heterocycles. The lowest BCUT2D eigenvalue weighted by Gasteiger charge is -2.22. The molecule has 0 radical (unpaired) electrons. The molecular weight excluding hydrogens is 452 g/mol. The van der Waals surface area contributed by atoms with E-state index in [-0.39, 0.29) is 18.9 Å². The Morgan fingerprint density at radius 3 is 2.23 bits per heavy atom. The zero-order valence-corrected chi connectivity index (χ0v) is 19.0. The second kappa shape index (κ2) is 10.4. The minimum Gasteiger partial charge on any atom is -0.480 e. The van der Waals surface area contributed by atoms with Gasteiger partial charge in [0.1, 0.15) is 12.6 Å². The second-order valence-corrected chi connectivity index (χ2v) is 8.37. The lowest BCUT2D eigenvalue weighted by molar-refractivity contribution is -0.145. The highest BCUT2D eigenvalue weighted by Crippen LogP contribution is 2.44. The Kier molecular flexibility index (Phi) is 7.11. The van der Waals surface area contributed by atoms with Gasteiger partial charge >= 0.3 is 12.1 Å². The number of aromatic amines is 1. The van der Waals surface area contributed by atoms with E-state index < -0.39 is 36.2 Å². The first-order valence-electron chi connectivity index (χ1n) is 11.1. The number of carboxylic acids is 1. The smallest absolute Gasteiger partial charge is 0.407 e. The van der Waals surface area contributed by atoms with Gasteiger partial charge in [0.15, 0.2) is 6.04 Å². The van der Waals surface area contributed by atoms with E-state index >= 15 is 0 Å². The predicted molar refractivity (Wildman–Crippen MR) is 126 cm³/mol. The van der Waals surface area contributed by atoms with E-state index in [0.29, 0.717) is 5.69 Å². The third-order valence-electron chi connectivity index (χ3n) is 5.98. The first kappa shape index (κ1) is 24.0. The number of carbonyl (C=O) groups is 3. The summed E-state index contributed by atoms with van der Waals surface area (Å²) in [5.74, 6) is -2.32. The van der Waals surface area contributed by atoms with Crippen molar-refractivity contribution in [2.24, 2.45) is 0 Å². The van der Waals surface area contributed by atoms with E-state index in [4.69, 9.17) is 4.74 Å². The topological polar surface area (TPSA) is 154 Å². The van der Waals surface area contributed by atoms with Gasteiger partial charge in [0.05, 0.1) is 12.4 Å². The van der Waals surface area contributed by atoms with E-state index in [2.05, 4.69) is 20.6 Å². The highest BCUT2D eigenvalue weighted by Gasteiger charge is 2.32. The normalized spacial score (nSPS) is 14.8. The quantitative estimate of drug-likeness (QED) is 0.314. The molecule has 2 amide bonds. The van der Waals surface area contributed by atoms with Gasteiger partial charge in [-0.05, 0) is 29.2 Å². The molecule has 3 aromatic rings. The standard InChI is InChI=1S/C25H26N4O6/c1-14(30)22(24(32)33)29-23(31)21(10-15-11-26-13-27-15)28-25(34)35-12-20-18-8-4-2-6-16(18)17-7-3-5-9-19(17)20/h2-9,11,13-14,20-22,30H,10,12H2,1H3,(H,26,27)(H,28,34)(H,29,31)(H,32,33). The Morgan fingerprint density at radius 2 is 1.69 bits per heavy atom. The first-order chi connectivity index (χ1) is 16.8. The number of fused-ring (bicyclic) bond motifs is 3. The summed E-state index contributed by atoms with van der Waals surface area (Å²) in [5, 5.41) is 23.7. The Labute approximate surface area is 201 Å². The number of rotatable bonds is 9. The van der Waals surface area contributed by atoms with Gasteiger partial charge in [0.25, 0.3) is 0 Å². The minimum absolute atomic E-state index is 0.0160. The van der Waals surface area contributed by atoms with Crippen molar-refractivity contribution in [1.82, 2.24) is 20.6 Å². The maximum Gasteiger partial charge on any atom is 0.407 e. The Morgan fingerprint density at radius 1 is 1.06 bits per heavy atom. The van der Waals surface area contributed by atoms with Crippen LogP contribution in [0.15, 0.2) is 61.1 Å². The average Bonchev–Trinajstić information content (AvgIpc) is 3.46. The van der Waals surface area contributed by atoms with E-state index in [0.717, 1.165) is 22.3 Å². The van der Waals surface area contributed by atoms with Crippen LogP contribution in [0.3, 0.4) is 0 Å². The summed E-state index contributed by atoms with van der Waals surface area (Å²) in [7, 11) is 0. The number of aromatic nitrogens is 2. The molecule has 0 saturated carbocycles. The van der Waals surface area contributed by atoms with Crippen LogP contribution in [0, 0.1) is 0 Å². The lowest BCUT2D eigenvalue weighted by Crippen LogP contribution is -2.55. The van der Waals surface area contributed by atoms with E-state index in [1.165, 1.54) is 19.4 Å². The van der Waals surface area contributed by atoms with Gasteiger partial charge in [-0.25, -0.2) is 14.6 Å². The van der Waals surface area contributed by atoms with Crippen LogP contribution in [-0.2, 0) is 20.7 Å². The number of ether oxygens (including phenoxy) is 1. The summed E-state index contributed by atoms with van der Waals surface area (Å²) >= 11 is 0. The fraction of sp³-hybridized carbons (Fsp3) is 0.280. The SMILES string of the molecule is CC(O)C(NC(=O)C(Cc1cnc[nH]1)NC(=O)OCC1c2ccccc2-c2ccccc21)C(=O)O. The van der Waals surface area contributed by atoms with Crippen molar-refractivity contribution < 1.29 is 29.3 Å². The molecule has 0 fully saturated rings. The fourth-order valence-electron chi connectivity index (χ4n) is 4.25. The first-order valence-corrected chi connectivity index (χ1v) is 11.1. The van der Waals surface area contributed by atoms with Gasteiger partial charge in [-0.1, -0.05) is 48.5 Å². The molecule has 1 heterocycles. The number of amides is 2. The molecule has 5 N–H and O–H groups in total. The van der Waals surface area contributed by atoms with Crippen LogP contribution in [0.2, 0.25) is 0 Å². The predicted octanol–water partition coefficient (Wildman–Crippen LogP) is 1.81. The number of aliphatic hydroxyl groups is 1. The monoisotopic (exact) mass is 478 g/mol. The van der Waals surface area contributed by atoms with Crippen LogP contribution >= 0.6 is 0 Å². The molecule has 10 nitrogen and oxygen atoms in total. The largest absolute Gasteiger partial charge is 0.480 e. The number of nitrogens with one attached hydrogen (secondary N) is 3. The summed E-state index contributed by atoms with van der Waals surface area (Å²) in [6, 6.07) is 13.1. The molecule has 4 rings (SSSR count). The number of imidazole rings is 1. The average molecular weight is 479 g/mol. The van der Waals surface area contributed by atoms with Gasteiger partial charge in [-0.3, -0.25) is 4.79 Å². The summed E-state index contributed by atoms with van der Waals surface area (Å²) < 4.78 is 5.52. The maximum absolute atomic E-state index is 12.8. The molecule has 0 bridgehead atoms. The van der Waals surface area contributed by atoms with Crippen molar-refractivity contribution in [2.45, 2.75) is 37.5 Å². The molecule has 1 aliphatic rings. The number of aliphatic hydroxyl groups excluding tert-OH is 1. The van der Waals surface area contributed by atoms with Crippen molar-refractivity contribution in [2.75, 3.05) is 6.61 Å². The van der Waals surface area contributed by atoms with Crippen LogP contribution in [0.5, 0.6) is 0 Å². The highest BCUT2D eigenvalue weighted by molar-refractivity contribution is 5.89. The molecule has 10 heteroatoms. The molecule has 0 saturated heterocycles. The summed E-state index contributed by atoms with van der Waals surface area (Å²) in [4.78, 5) is 43.7. The van der Waals surface area contributed by atoms with Crippen LogP contribution in [0.25, 0.3) is 11.1 Å². The Hall–Kier alpha value is -4.18. The number of hydrogen-bond acceptors (Lipinski definition) is 6. The van der Waals surface area contributed by atoms with Crippen molar-refractivity contribution >= 4 is 18.0 Å². The Bertz CT molecular complexity index is 1160.